The highest BCUT2D eigenvalue weighted by molar-refractivity contribution is 6.06. The second-order valence-corrected chi connectivity index (χ2v) is 6.40. The average Bonchev–Trinajstić information content (AvgIpc) is 3.22. The summed E-state index contributed by atoms with van der Waals surface area (Å²) >= 11 is 0. The lowest BCUT2D eigenvalue weighted by atomic mass is 10.1. The van der Waals surface area contributed by atoms with Crippen LogP contribution in [0.5, 0.6) is 0 Å². The molecule has 1 aliphatic heterocycles. The first-order valence-corrected chi connectivity index (χ1v) is 9.05. The second kappa shape index (κ2) is 8.01. The minimum absolute atomic E-state index is 0.0176. The molecule has 1 saturated heterocycles. The van der Waals surface area contributed by atoms with Crippen molar-refractivity contribution in [1.29, 1.82) is 0 Å². The van der Waals surface area contributed by atoms with E-state index in [0.717, 1.165) is 43.2 Å². The summed E-state index contributed by atoms with van der Waals surface area (Å²) in [5.41, 5.74) is 3.68. The van der Waals surface area contributed by atoms with Crippen LogP contribution in [-0.2, 0) is 4.74 Å². The van der Waals surface area contributed by atoms with Crippen molar-refractivity contribution in [3.8, 4) is 5.69 Å². The first-order chi connectivity index (χ1) is 13.3. The van der Waals surface area contributed by atoms with Gasteiger partial charge in [-0.3, -0.25) is 4.79 Å². The number of carbonyl (C=O) groups excluding carboxylic acids is 1. The number of ether oxygens (including phenoxy) is 1. The number of hydrogen-bond donors (Lipinski definition) is 0. The van der Waals surface area contributed by atoms with Gasteiger partial charge < -0.3 is 9.64 Å². The Morgan fingerprint density at radius 1 is 0.963 bits per heavy atom. The Morgan fingerprint density at radius 2 is 1.70 bits per heavy atom. The summed E-state index contributed by atoms with van der Waals surface area (Å²) in [7, 11) is 0. The molecule has 2 heterocycles. The fourth-order valence-corrected chi connectivity index (χ4v) is 3.07. The van der Waals surface area contributed by atoms with Crippen LogP contribution in [-0.4, -0.2) is 41.9 Å². The molecule has 136 valence electrons. The van der Waals surface area contributed by atoms with E-state index in [0.29, 0.717) is 5.56 Å². The van der Waals surface area contributed by atoms with E-state index in [1.54, 1.807) is 23.0 Å². The van der Waals surface area contributed by atoms with Crippen LogP contribution in [0.4, 0.5) is 5.69 Å². The van der Waals surface area contributed by atoms with Crippen LogP contribution in [0, 0.1) is 0 Å². The van der Waals surface area contributed by atoms with E-state index in [9.17, 15) is 4.79 Å². The molecule has 2 aromatic carbocycles. The van der Waals surface area contributed by atoms with Crippen molar-refractivity contribution in [1.82, 2.24) is 9.78 Å². The summed E-state index contributed by atoms with van der Waals surface area (Å²) in [4.78, 5) is 14.7. The van der Waals surface area contributed by atoms with Crippen molar-refractivity contribution in [2.75, 3.05) is 31.2 Å². The number of carbonyl (C=O) groups is 1. The van der Waals surface area contributed by atoms with E-state index in [1.165, 1.54) is 0 Å². The van der Waals surface area contributed by atoms with E-state index in [2.05, 4.69) is 10.00 Å². The number of para-hydroxylation sites is 1. The fourth-order valence-electron chi connectivity index (χ4n) is 3.07. The van der Waals surface area contributed by atoms with Gasteiger partial charge in [-0.2, -0.15) is 5.10 Å². The Hall–Kier alpha value is -3.18. The SMILES string of the molecule is O=C(/C=C/c1cnn(-c2ccccc2)c1)c1ccc(N2CCOCC2)cc1. The molecule has 0 unspecified atom stereocenters. The molecule has 3 aromatic rings. The molecule has 5 heteroatoms. The third-order valence-corrected chi connectivity index (χ3v) is 4.58. The number of nitrogens with zero attached hydrogens (tertiary/aromatic N) is 3. The number of anilines is 1. The molecule has 0 saturated carbocycles. The van der Waals surface area contributed by atoms with E-state index < -0.39 is 0 Å². The van der Waals surface area contributed by atoms with Gasteiger partial charge in [0, 0.05) is 36.1 Å². The molecular weight excluding hydrogens is 338 g/mol. The number of aromatic nitrogens is 2. The fraction of sp³-hybridized carbons (Fsp3) is 0.182. The number of allylic oxidation sites excluding steroid dienone is 1. The molecule has 4 rings (SSSR count). The largest absolute Gasteiger partial charge is 0.378 e. The van der Waals surface area contributed by atoms with Gasteiger partial charge in [0.15, 0.2) is 5.78 Å². The van der Waals surface area contributed by atoms with Crippen molar-refractivity contribution in [2.24, 2.45) is 0 Å². The Bertz CT molecular complexity index is 924. The lowest BCUT2D eigenvalue weighted by Crippen LogP contribution is -2.36. The van der Waals surface area contributed by atoms with Crippen LogP contribution in [0.25, 0.3) is 11.8 Å². The van der Waals surface area contributed by atoms with Crippen molar-refractivity contribution < 1.29 is 9.53 Å². The van der Waals surface area contributed by atoms with Gasteiger partial charge in [0.05, 0.1) is 25.1 Å². The highest BCUT2D eigenvalue weighted by Crippen LogP contribution is 2.17. The summed E-state index contributed by atoms with van der Waals surface area (Å²) in [6.07, 6.45) is 7.04. The monoisotopic (exact) mass is 359 g/mol. The van der Waals surface area contributed by atoms with Crippen molar-refractivity contribution in [3.63, 3.8) is 0 Å². The molecular formula is C22H21N3O2. The zero-order valence-corrected chi connectivity index (χ0v) is 15.0. The van der Waals surface area contributed by atoms with Gasteiger partial charge in [0.1, 0.15) is 0 Å². The molecule has 5 nitrogen and oxygen atoms in total. The number of ketones is 1. The third kappa shape index (κ3) is 4.15. The zero-order valence-electron chi connectivity index (χ0n) is 15.0. The summed E-state index contributed by atoms with van der Waals surface area (Å²) in [6, 6.07) is 17.6. The molecule has 0 N–H and O–H groups in total. The second-order valence-electron chi connectivity index (χ2n) is 6.40. The summed E-state index contributed by atoms with van der Waals surface area (Å²) in [6.45, 7) is 3.28. The lowest BCUT2D eigenvalue weighted by molar-refractivity contribution is 0.104. The van der Waals surface area contributed by atoms with Gasteiger partial charge in [-0.05, 0) is 48.6 Å². The van der Waals surface area contributed by atoms with Crippen LogP contribution >= 0.6 is 0 Å². The molecule has 0 aliphatic carbocycles. The third-order valence-electron chi connectivity index (χ3n) is 4.58. The summed E-state index contributed by atoms with van der Waals surface area (Å²) in [5, 5.41) is 4.34. The van der Waals surface area contributed by atoms with E-state index in [4.69, 9.17) is 4.74 Å². The molecule has 0 radical (unpaired) electrons. The van der Waals surface area contributed by atoms with Crippen molar-refractivity contribution in [2.45, 2.75) is 0 Å². The van der Waals surface area contributed by atoms with E-state index in [1.807, 2.05) is 60.8 Å². The van der Waals surface area contributed by atoms with Crippen molar-refractivity contribution in [3.05, 3.63) is 84.2 Å². The normalized spacial score (nSPS) is 14.6. The highest BCUT2D eigenvalue weighted by Gasteiger charge is 2.11. The summed E-state index contributed by atoms with van der Waals surface area (Å²) < 4.78 is 7.17. The zero-order chi connectivity index (χ0) is 18.5. The quantitative estimate of drug-likeness (QED) is 0.516. The molecule has 1 fully saturated rings. The standard InChI is InChI=1S/C22H21N3O2/c26-22(19-7-9-20(10-8-19)24-12-14-27-15-13-24)11-6-18-16-23-25(17-18)21-4-2-1-3-5-21/h1-11,16-17H,12-15H2/b11-6+. The van der Waals surface area contributed by atoms with Crippen LogP contribution in [0.1, 0.15) is 15.9 Å². The van der Waals surface area contributed by atoms with Crippen LogP contribution < -0.4 is 4.90 Å². The molecule has 1 aliphatic rings. The number of benzene rings is 2. The maximum Gasteiger partial charge on any atom is 0.185 e. The van der Waals surface area contributed by atoms with Crippen molar-refractivity contribution >= 4 is 17.5 Å². The Kier molecular flexibility index (Phi) is 5.12. The highest BCUT2D eigenvalue weighted by atomic mass is 16.5. The first kappa shape index (κ1) is 17.2. The molecule has 0 spiro atoms. The molecule has 0 amide bonds. The van der Waals surface area contributed by atoms with E-state index in [-0.39, 0.29) is 5.78 Å². The molecule has 1 aromatic heterocycles. The van der Waals surface area contributed by atoms with Gasteiger partial charge >= 0.3 is 0 Å². The Labute approximate surface area is 158 Å². The van der Waals surface area contributed by atoms with Crippen LogP contribution in [0.3, 0.4) is 0 Å². The smallest absolute Gasteiger partial charge is 0.185 e. The molecule has 0 atom stereocenters. The van der Waals surface area contributed by atoms with E-state index >= 15 is 0 Å². The maximum atomic E-state index is 12.4. The van der Waals surface area contributed by atoms with Crippen LogP contribution in [0.2, 0.25) is 0 Å². The van der Waals surface area contributed by atoms with Crippen LogP contribution in [0.15, 0.2) is 73.1 Å². The van der Waals surface area contributed by atoms with Gasteiger partial charge in [-0.25, -0.2) is 4.68 Å². The minimum atomic E-state index is -0.0176. The van der Waals surface area contributed by atoms with Gasteiger partial charge in [0.2, 0.25) is 0 Å². The first-order valence-electron chi connectivity index (χ1n) is 9.05. The predicted octanol–water partition coefficient (Wildman–Crippen LogP) is 3.61. The summed E-state index contributed by atoms with van der Waals surface area (Å²) in [5.74, 6) is -0.0176. The lowest BCUT2D eigenvalue weighted by Gasteiger charge is -2.28. The topological polar surface area (TPSA) is 47.4 Å². The number of hydrogen-bond acceptors (Lipinski definition) is 4. The number of morpholine rings is 1. The minimum Gasteiger partial charge on any atom is -0.378 e. The average molecular weight is 359 g/mol. The molecule has 27 heavy (non-hydrogen) atoms. The Morgan fingerprint density at radius 3 is 2.44 bits per heavy atom. The molecule has 0 bridgehead atoms. The van der Waals surface area contributed by atoms with Gasteiger partial charge in [-0.1, -0.05) is 18.2 Å². The van der Waals surface area contributed by atoms with Gasteiger partial charge in [0.25, 0.3) is 0 Å². The Balaban J connectivity index is 1.42. The maximum absolute atomic E-state index is 12.4. The number of rotatable bonds is 5. The van der Waals surface area contributed by atoms with Gasteiger partial charge in [-0.15, -0.1) is 0 Å². The predicted molar refractivity (Wildman–Crippen MR) is 106 cm³/mol.